The van der Waals surface area contributed by atoms with Crippen molar-refractivity contribution in [1.82, 2.24) is 15.3 Å². The van der Waals surface area contributed by atoms with Crippen molar-refractivity contribution in [2.45, 2.75) is 24.9 Å². The van der Waals surface area contributed by atoms with Crippen LogP contribution in [-0.4, -0.2) is 28.0 Å². The Morgan fingerprint density at radius 2 is 2.38 bits per heavy atom. The summed E-state index contributed by atoms with van der Waals surface area (Å²) in [5, 5.41) is 6.05. The van der Waals surface area contributed by atoms with Gasteiger partial charge in [0.2, 0.25) is 5.91 Å². The van der Waals surface area contributed by atoms with Gasteiger partial charge in [0, 0.05) is 6.04 Å². The largest absolute Gasteiger partial charge is 0.308 e. The summed E-state index contributed by atoms with van der Waals surface area (Å²) in [7, 11) is 0. The third-order valence-corrected chi connectivity index (χ3v) is 3.43. The Morgan fingerprint density at radius 1 is 1.50 bits per heavy atom. The van der Waals surface area contributed by atoms with Gasteiger partial charge in [-0.25, -0.2) is 4.98 Å². The lowest BCUT2D eigenvalue weighted by Gasteiger charge is -2.12. The quantitative estimate of drug-likeness (QED) is 0.847. The van der Waals surface area contributed by atoms with Gasteiger partial charge in [-0.15, -0.1) is 0 Å². The molecule has 6 heteroatoms. The molecule has 2 heterocycles. The Morgan fingerprint density at radius 3 is 3.06 bits per heavy atom. The zero-order chi connectivity index (χ0) is 11.1. The van der Waals surface area contributed by atoms with Crippen molar-refractivity contribution in [2.75, 3.05) is 5.32 Å². The van der Waals surface area contributed by atoms with Crippen LogP contribution in [0.4, 0.5) is 5.82 Å². The topological polar surface area (TPSA) is 66.9 Å². The van der Waals surface area contributed by atoms with Gasteiger partial charge in [0.25, 0.3) is 0 Å². The van der Waals surface area contributed by atoms with Gasteiger partial charge in [-0.1, -0.05) is 0 Å². The molecule has 1 unspecified atom stereocenters. The van der Waals surface area contributed by atoms with Crippen molar-refractivity contribution in [1.29, 1.82) is 0 Å². The van der Waals surface area contributed by atoms with Crippen LogP contribution in [0.5, 0.6) is 0 Å². The van der Waals surface area contributed by atoms with Gasteiger partial charge in [-0.3, -0.25) is 9.78 Å². The number of halogens is 1. The molecule has 3 rings (SSSR count). The fourth-order valence-corrected chi connectivity index (χ4v) is 2.45. The Balaban J connectivity index is 1.64. The minimum atomic E-state index is -0.0652. The molecule has 1 aliphatic carbocycles. The molecule has 5 nitrogen and oxygen atoms in total. The molecule has 0 spiro atoms. The van der Waals surface area contributed by atoms with E-state index in [0.29, 0.717) is 22.4 Å². The number of rotatable bonds is 2. The van der Waals surface area contributed by atoms with E-state index in [0.717, 1.165) is 6.42 Å². The predicted octanol–water partition coefficient (Wildman–Crippen LogP) is 0.928. The maximum Gasteiger partial charge on any atom is 0.242 e. The zero-order valence-electron chi connectivity index (χ0n) is 8.48. The molecule has 1 saturated heterocycles. The van der Waals surface area contributed by atoms with Gasteiger partial charge in [0.05, 0.1) is 18.4 Å². The first kappa shape index (κ1) is 10.2. The second-order valence-corrected chi connectivity index (χ2v) is 5.09. The van der Waals surface area contributed by atoms with Gasteiger partial charge in [0.15, 0.2) is 5.82 Å². The molecule has 2 fully saturated rings. The normalized spacial score (nSPS) is 30.9. The highest BCUT2D eigenvalue weighted by atomic mass is 79.9. The minimum absolute atomic E-state index is 0.0143. The number of hydrogen-bond acceptors (Lipinski definition) is 4. The number of nitrogens with one attached hydrogen (secondary N) is 2. The van der Waals surface area contributed by atoms with Crippen LogP contribution in [0, 0.1) is 5.92 Å². The standard InChI is InChI=1S/C10H11BrN4O/c11-8-3-12-4-9(14-8)15-10(16)7-2-5-1-6(5)13-7/h3-7,13H,1-2H2,(H,14,15,16)/t5?,6-,7+/m1/s1. The smallest absolute Gasteiger partial charge is 0.242 e. The molecule has 0 radical (unpaired) electrons. The van der Waals surface area contributed by atoms with E-state index in [1.54, 1.807) is 12.4 Å². The molecule has 16 heavy (non-hydrogen) atoms. The fourth-order valence-electron chi connectivity index (χ4n) is 2.14. The van der Waals surface area contributed by atoms with E-state index in [-0.39, 0.29) is 11.9 Å². The van der Waals surface area contributed by atoms with Gasteiger partial charge >= 0.3 is 0 Å². The number of carbonyl (C=O) groups excluding carboxylic acids is 1. The third-order valence-electron chi connectivity index (χ3n) is 3.05. The van der Waals surface area contributed by atoms with E-state index in [4.69, 9.17) is 0 Å². The third kappa shape index (κ3) is 1.94. The molecule has 1 saturated carbocycles. The molecular weight excluding hydrogens is 272 g/mol. The van der Waals surface area contributed by atoms with Crippen LogP contribution >= 0.6 is 15.9 Å². The van der Waals surface area contributed by atoms with E-state index in [1.165, 1.54) is 6.42 Å². The van der Waals surface area contributed by atoms with E-state index in [9.17, 15) is 4.79 Å². The van der Waals surface area contributed by atoms with Crippen molar-refractivity contribution in [2.24, 2.45) is 5.92 Å². The molecule has 1 aromatic heterocycles. The van der Waals surface area contributed by atoms with Crippen LogP contribution in [0.1, 0.15) is 12.8 Å². The van der Waals surface area contributed by atoms with Crippen molar-refractivity contribution in [3.05, 3.63) is 17.0 Å². The number of hydrogen-bond donors (Lipinski definition) is 2. The maximum absolute atomic E-state index is 11.8. The first-order chi connectivity index (χ1) is 7.72. The summed E-state index contributed by atoms with van der Waals surface area (Å²) >= 11 is 3.21. The first-order valence-electron chi connectivity index (χ1n) is 5.27. The summed E-state index contributed by atoms with van der Waals surface area (Å²) in [5.41, 5.74) is 0. The lowest BCUT2D eigenvalue weighted by Crippen LogP contribution is -2.38. The van der Waals surface area contributed by atoms with Crippen molar-refractivity contribution in [3.8, 4) is 0 Å². The van der Waals surface area contributed by atoms with Crippen LogP contribution in [0.15, 0.2) is 17.0 Å². The van der Waals surface area contributed by atoms with E-state index in [2.05, 4.69) is 36.5 Å². The lowest BCUT2D eigenvalue weighted by molar-refractivity contribution is -0.118. The Labute approximate surface area is 101 Å². The van der Waals surface area contributed by atoms with Gasteiger partial charge in [-0.05, 0) is 34.7 Å². The first-order valence-corrected chi connectivity index (χ1v) is 6.06. The number of carbonyl (C=O) groups is 1. The number of nitrogens with zero attached hydrogens (tertiary/aromatic N) is 2. The van der Waals surface area contributed by atoms with E-state index >= 15 is 0 Å². The molecule has 1 aliphatic heterocycles. The number of anilines is 1. The lowest BCUT2D eigenvalue weighted by atomic mass is 10.2. The van der Waals surface area contributed by atoms with Crippen LogP contribution in [0.3, 0.4) is 0 Å². The number of aromatic nitrogens is 2. The highest BCUT2D eigenvalue weighted by Gasteiger charge is 2.47. The molecule has 1 amide bonds. The van der Waals surface area contributed by atoms with Crippen LogP contribution < -0.4 is 10.6 Å². The maximum atomic E-state index is 11.8. The molecular formula is C10H11BrN4O. The summed E-state index contributed by atoms with van der Waals surface area (Å²) in [4.78, 5) is 19.9. The summed E-state index contributed by atoms with van der Waals surface area (Å²) in [6.45, 7) is 0. The average Bonchev–Trinajstić information content (AvgIpc) is 2.86. The Hall–Kier alpha value is -1.01. The van der Waals surface area contributed by atoms with Gasteiger partial charge in [-0.2, -0.15) is 0 Å². The van der Waals surface area contributed by atoms with E-state index < -0.39 is 0 Å². The Bertz CT molecular complexity index is 429. The van der Waals surface area contributed by atoms with Crippen LogP contribution in [0.2, 0.25) is 0 Å². The second-order valence-electron chi connectivity index (χ2n) is 4.27. The Kier molecular flexibility index (Phi) is 2.40. The highest BCUT2D eigenvalue weighted by Crippen LogP contribution is 2.40. The summed E-state index contributed by atoms with van der Waals surface area (Å²) in [6.07, 6.45) is 5.29. The second kappa shape index (κ2) is 3.78. The summed E-state index contributed by atoms with van der Waals surface area (Å²) in [6, 6.07) is 0.508. The zero-order valence-corrected chi connectivity index (χ0v) is 10.1. The molecule has 2 N–H and O–H groups in total. The molecule has 0 aromatic carbocycles. The minimum Gasteiger partial charge on any atom is -0.308 e. The van der Waals surface area contributed by atoms with Crippen molar-refractivity contribution < 1.29 is 4.79 Å². The summed E-state index contributed by atoms with van der Waals surface area (Å²) in [5.74, 6) is 1.19. The molecule has 3 atom stereocenters. The van der Waals surface area contributed by atoms with Gasteiger partial charge in [0.1, 0.15) is 4.60 Å². The SMILES string of the molecule is O=C(Nc1cncc(Br)n1)[C@@H]1CC2C[C@H]2N1. The van der Waals surface area contributed by atoms with Crippen molar-refractivity contribution >= 4 is 27.7 Å². The average molecular weight is 283 g/mol. The van der Waals surface area contributed by atoms with Crippen molar-refractivity contribution in [3.63, 3.8) is 0 Å². The van der Waals surface area contributed by atoms with Gasteiger partial charge < -0.3 is 10.6 Å². The number of fused-ring (bicyclic) bond motifs is 1. The predicted molar refractivity (Wildman–Crippen MR) is 61.8 cm³/mol. The van der Waals surface area contributed by atoms with E-state index in [1.807, 2.05) is 0 Å². The van der Waals surface area contributed by atoms with Crippen LogP contribution in [-0.2, 0) is 4.79 Å². The van der Waals surface area contributed by atoms with Crippen LogP contribution in [0.25, 0.3) is 0 Å². The highest BCUT2D eigenvalue weighted by molar-refractivity contribution is 9.10. The molecule has 1 aromatic rings. The molecule has 84 valence electrons. The number of piperidine rings is 1. The number of amides is 1. The fraction of sp³-hybridized carbons (Fsp3) is 0.500. The molecule has 2 aliphatic rings. The molecule has 0 bridgehead atoms. The summed E-state index contributed by atoms with van der Waals surface area (Å²) < 4.78 is 0.618. The monoisotopic (exact) mass is 282 g/mol.